The van der Waals surface area contributed by atoms with Gasteiger partial charge < -0.3 is 14.7 Å². The van der Waals surface area contributed by atoms with Crippen molar-refractivity contribution in [2.24, 2.45) is 0 Å². The molecule has 0 bridgehead atoms. The second kappa shape index (κ2) is 7.60. The van der Waals surface area contributed by atoms with Crippen LogP contribution in [0.1, 0.15) is 34.1 Å². The smallest absolute Gasteiger partial charge is 0.259 e. The summed E-state index contributed by atoms with van der Waals surface area (Å²) < 4.78 is 5.39. The standard InChI is InChI=1S/C25H22N4O3/c1-14-4-6-17(7-5-14)21-13-20(23-15(2)28-32-25(23)27-21)24(31)26-19-8-9-22-18(12-19)10-11-29(22)16(3)30/h4-9,12-13H,10-11H2,1-3H3,(H,26,31). The zero-order valence-corrected chi connectivity index (χ0v) is 18.1. The first kappa shape index (κ1) is 19.9. The molecule has 0 atom stereocenters. The molecule has 0 spiro atoms. The summed E-state index contributed by atoms with van der Waals surface area (Å²) in [4.78, 5) is 31.4. The number of fused-ring (bicyclic) bond motifs is 2. The lowest BCUT2D eigenvalue weighted by Gasteiger charge is -2.15. The predicted octanol–water partition coefficient (Wildman–Crippen LogP) is 4.67. The van der Waals surface area contributed by atoms with Crippen molar-refractivity contribution in [3.63, 3.8) is 0 Å². The van der Waals surface area contributed by atoms with Crippen LogP contribution in [0.3, 0.4) is 0 Å². The molecule has 1 aliphatic rings. The second-order valence-electron chi connectivity index (χ2n) is 8.09. The largest absolute Gasteiger partial charge is 0.335 e. The highest BCUT2D eigenvalue weighted by Gasteiger charge is 2.23. The molecule has 5 rings (SSSR count). The third-order valence-corrected chi connectivity index (χ3v) is 5.82. The van der Waals surface area contributed by atoms with Gasteiger partial charge in [-0.15, -0.1) is 0 Å². The second-order valence-corrected chi connectivity index (χ2v) is 8.09. The molecule has 2 amide bonds. The Morgan fingerprint density at radius 1 is 1.06 bits per heavy atom. The molecule has 7 nitrogen and oxygen atoms in total. The fourth-order valence-electron chi connectivity index (χ4n) is 4.15. The van der Waals surface area contributed by atoms with Crippen LogP contribution in [0.25, 0.3) is 22.4 Å². The van der Waals surface area contributed by atoms with E-state index in [1.807, 2.05) is 49.4 Å². The zero-order valence-electron chi connectivity index (χ0n) is 18.1. The van der Waals surface area contributed by atoms with Crippen molar-refractivity contribution in [1.82, 2.24) is 10.1 Å². The first-order valence-corrected chi connectivity index (χ1v) is 10.5. The molecule has 0 aliphatic carbocycles. The number of aryl methyl sites for hydroxylation is 2. The van der Waals surface area contributed by atoms with Crippen LogP contribution < -0.4 is 10.2 Å². The molecule has 0 saturated heterocycles. The van der Waals surface area contributed by atoms with E-state index in [0.717, 1.165) is 28.8 Å². The van der Waals surface area contributed by atoms with Gasteiger partial charge in [-0.05, 0) is 50.1 Å². The van der Waals surface area contributed by atoms with Crippen molar-refractivity contribution in [3.05, 3.63) is 70.9 Å². The molecule has 0 radical (unpaired) electrons. The van der Waals surface area contributed by atoms with E-state index in [-0.39, 0.29) is 11.8 Å². The van der Waals surface area contributed by atoms with Gasteiger partial charge in [0.1, 0.15) is 0 Å². The van der Waals surface area contributed by atoms with Crippen molar-refractivity contribution >= 4 is 34.3 Å². The highest BCUT2D eigenvalue weighted by molar-refractivity contribution is 6.13. The molecule has 0 unspecified atom stereocenters. The number of carbonyl (C=O) groups is 2. The zero-order chi connectivity index (χ0) is 22.4. The minimum absolute atomic E-state index is 0.0197. The van der Waals surface area contributed by atoms with Crippen LogP contribution in [0, 0.1) is 13.8 Å². The number of rotatable bonds is 3. The topological polar surface area (TPSA) is 88.3 Å². The van der Waals surface area contributed by atoms with Gasteiger partial charge in [0.15, 0.2) is 0 Å². The summed E-state index contributed by atoms with van der Waals surface area (Å²) in [5.74, 6) is -0.246. The number of nitrogens with zero attached hydrogens (tertiary/aromatic N) is 3. The Balaban J connectivity index is 1.51. The molecule has 160 valence electrons. The fourth-order valence-corrected chi connectivity index (χ4v) is 4.15. The first-order chi connectivity index (χ1) is 15.4. The summed E-state index contributed by atoms with van der Waals surface area (Å²) >= 11 is 0. The highest BCUT2D eigenvalue weighted by Crippen LogP contribution is 2.32. The van der Waals surface area contributed by atoms with E-state index in [9.17, 15) is 9.59 Å². The third kappa shape index (κ3) is 3.41. The van der Waals surface area contributed by atoms with Crippen LogP contribution in [0.15, 0.2) is 53.1 Å². The van der Waals surface area contributed by atoms with Gasteiger partial charge in [0.05, 0.1) is 22.3 Å². The predicted molar refractivity (Wildman–Crippen MR) is 123 cm³/mol. The van der Waals surface area contributed by atoms with Crippen LogP contribution in [-0.2, 0) is 11.2 Å². The summed E-state index contributed by atoms with van der Waals surface area (Å²) in [6.07, 6.45) is 0.764. The third-order valence-electron chi connectivity index (χ3n) is 5.82. The Labute approximate surface area is 185 Å². The van der Waals surface area contributed by atoms with Gasteiger partial charge in [-0.25, -0.2) is 4.98 Å². The van der Waals surface area contributed by atoms with E-state index in [2.05, 4.69) is 15.5 Å². The normalized spacial score (nSPS) is 12.8. The van der Waals surface area contributed by atoms with Gasteiger partial charge in [-0.1, -0.05) is 35.0 Å². The maximum Gasteiger partial charge on any atom is 0.259 e. The Morgan fingerprint density at radius 2 is 1.84 bits per heavy atom. The van der Waals surface area contributed by atoms with Crippen molar-refractivity contribution in [1.29, 1.82) is 0 Å². The van der Waals surface area contributed by atoms with E-state index >= 15 is 0 Å². The summed E-state index contributed by atoms with van der Waals surface area (Å²) in [5.41, 5.74) is 6.69. The molecule has 32 heavy (non-hydrogen) atoms. The van der Waals surface area contributed by atoms with E-state index in [0.29, 0.717) is 40.3 Å². The maximum absolute atomic E-state index is 13.3. The molecule has 1 N–H and O–H groups in total. The van der Waals surface area contributed by atoms with Gasteiger partial charge in [0, 0.05) is 30.4 Å². The molecular formula is C25H22N4O3. The van der Waals surface area contributed by atoms with E-state index in [1.165, 1.54) is 0 Å². The maximum atomic E-state index is 13.3. The van der Waals surface area contributed by atoms with Crippen molar-refractivity contribution in [3.8, 4) is 11.3 Å². The van der Waals surface area contributed by atoms with E-state index in [1.54, 1.807) is 24.8 Å². The quantitative estimate of drug-likeness (QED) is 0.514. The molecule has 7 heteroatoms. The summed E-state index contributed by atoms with van der Waals surface area (Å²) in [5, 5.41) is 7.60. The van der Waals surface area contributed by atoms with E-state index in [4.69, 9.17) is 4.52 Å². The Hall–Kier alpha value is -4.00. The first-order valence-electron chi connectivity index (χ1n) is 10.5. The number of nitrogens with one attached hydrogen (secondary N) is 1. The molecule has 3 heterocycles. The molecule has 2 aromatic heterocycles. The van der Waals surface area contributed by atoms with Crippen LogP contribution in [0.4, 0.5) is 11.4 Å². The lowest BCUT2D eigenvalue weighted by Crippen LogP contribution is -2.25. The lowest BCUT2D eigenvalue weighted by molar-refractivity contribution is -0.116. The van der Waals surface area contributed by atoms with Crippen molar-refractivity contribution in [2.45, 2.75) is 27.2 Å². The van der Waals surface area contributed by atoms with E-state index < -0.39 is 0 Å². The van der Waals surface area contributed by atoms with Gasteiger partial charge in [0.2, 0.25) is 5.91 Å². The summed E-state index contributed by atoms with van der Waals surface area (Å²) in [6.45, 7) is 6.03. The number of hydrogen-bond donors (Lipinski definition) is 1. The summed E-state index contributed by atoms with van der Waals surface area (Å²) in [7, 11) is 0. The molecular weight excluding hydrogens is 404 g/mol. The Kier molecular flexibility index (Phi) is 4.74. The van der Waals surface area contributed by atoms with Crippen molar-refractivity contribution in [2.75, 3.05) is 16.8 Å². The average Bonchev–Trinajstić information content (AvgIpc) is 3.37. The van der Waals surface area contributed by atoms with Crippen molar-refractivity contribution < 1.29 is 14.1 Å². The SMILES string of the molecule is CC(=O)N1CCc2cc(NC(=O)c3cc(-c4ccc(C)cc4)nc4onc(C)c34)ccc21. The Bertz CT molecular complexity index is 1370. The number of pyridine rings is 1. The van der Waals surface area contributed by atoms with Crippen LogP contribution in [0.5, 0.6) is 0 Å². The Morgan fingerprint density at radius 3 is 2.59 bits per heavy atom. The molecule has 0 saturated carbocycles. The van der Waals surface area contributed by atoms with Crippen LogP contribution in [0.2, 0.25) is 0 Å². The van der Waals surface area contributed by atoms with Gasteiger partial charge in [-0.3, -0.25) is 9.59 Å². The molecule has 2 aromatic carbocycles. The minimum Gasteiger partial charge on any atom is -0.335 e. The molecule has 1 aliphatic heterocycles. The average molecular weight is 426 g/mol. The number of benzene rings is 2. The van der Waals surface area contributed by atoms with Gasteiger partial charge >= 0.3 is 0 Å². The number of aromatic nitrogens is 2. The number of hydrogen-bond acceptors (Lipinski definition) is 5. The number of carbonyl (C=O) groups excluding carboxylic acids is 2. The van der Waals surface area contributed by atoms with Gasteiger partial charge in [-0.2, -0.15) is 0 Å². The number of amides is 2. The van der Waals surface area contributed by atoms with Gasteiger partial charge in [0.25, 0.3) is 11.6 Å². The highest BCUT2D eigenvalue weighted by atomic mass is 16.5. The fraction of sp³-hybridized carbons (Fsp3) is 0.200. The molecule has 0 fully saturated rings. The monoisotopic (exact) mass is 426 g/mol. The molecule has 4 aromatic rings. The summed E-state index contributed by atoms with van der Waals surface area (Å²) in [6, 6.07) is 15.3. The van der Waals surface area contributed by atoms with Crippen LogP contribution >= 0.6 is 0 Å². The number of anilines is 2. The lowest BCUT2D eigenvalue weighted by atomic mass is 10.0. The minimum atomic E-state index is -0.265. The van der Waals surface area contributed by atoms with Crippen LogP contribution in [-0.4, -0.2) is 28.5 Å².